The number of hydrogen-bond donors (Lipinski definition) is 2. The number of hydrogen-bond acceptors (Lipinski definition) is 3. The van der Waals surface area contributed by atoms with Gasteiger partial charge in [0.15, 0.2) is 0 Å². The molecular weight excluding hydrogens is 307 g/mol. The number of halogens is 2. The van der Waals surface area contributed by atoms with Gasteiger partial charge in [0, 0.05) is 30.7 Å². The maximum atomic E-state index is 9.52. The molecule has 1 saturated heterocycles. The Bertz CT molecular complexity index is 631. The zero-order valence-corrected chi connectivity index (χ0v) is 12.9. The van der Waals surface area contributed by atoms with Gasteiger partial charge in [-0.05, 0) is 29.8 Å². The second kappa shape index (κ2) is 6.14. The summed E-state index contributed by atoms with van der Waals surface area (Å²) >= 11 is 12.3. The van der Waals surface area contributed by atoms with E-state index in [2.05, 4.69) is 10.2 Å². The van der Waals surface area contributed by atoms with Crippen LogP contribution in [0.3, 0.4) is 0 Å². The summed E-state index contributed by atoms with van der Waals surface area (Å²) in [5.74, 6) is 0.182. The van der Waals surface area contributed by atoms with Gasteiger partial charge in [0.2, 0.25) is 0 Å². The van der Waals surface area contributed by atoms with E-state index >= 15 is 0 Å². The first-order valence-electron chi connectivity index (χ1n) is 6.86. The van der Waals surface area contributed by atoms with Crippen molar-refractivity contribution in [3.8, 4) is 5.75 Å². The highest BCUT2D eigenvalue weighted by atomic mass is 35.5. The van der Waals surface area contributed by atoms with Crippen molar-refractivity contribution in [3.05, 3.63) is 58.1 Å². The Labute approximate surface area is 134 Å². The Morgan fingerprint density at radius 3 is 2.57 bits per heavy atom. The summed E-state index contributed by atoms with van der Waals surface area (Å²) in [5, 5.41) is 14.2. The highest BCUT2D eigenvalue weighted by molar-refractivity contribution is 6.33. The molecule has 0 spiro atoms. The molecule has 2 N–H and O–H groups in total. The number of rotatable bonds is 2. The maximum Gasteiger partial charge on any atom is 0.117 e. The molecule has 1 fully saturated rings. The highest BCUT2D eigenvalue weighted by Gasteiger charge is 2.25. The molecule has 0 bridgehead atoms. The van der Waals surface area contributed by atoms with Crippen LogP contribution in [-0.4, -0.2) is 24.7 Å². The lowest BCUT2D eigenvalue weighted by Crippen LogP contribution is -2.46. The van der Waals surface area contributed by atoms with E-state index in [1.54, 1.807) is 12.1 Å². The van der Waals surface area contributed by atoms with Crippen LogP contribution in [0, 0.1) is 0 Å². The van der Waals surface area contributed by atoms with Crippen molar-refractivity contribution in [1.29, 1.82) is 0 Å². The molecule has 1 atom stereocenters. The molecule has 2 aromatic rings. The van der Waals surface area contributed by atoms with Crippen LogP contribution in [0.15, 0.2) is 42.5 Å². The van der Waals surface area contributed by atoms with E-state index in [-0.39, 0.29) is 11.8 Å². The molecule has 3 nitrogen and oxygen atoms in total. The predicted molar refractivity (Wildman–Crippen MR) is 87.5 cm³/mol. The smallest absolute Gasteiger partial charge is 0.117 e. The van der Waals surface area contributed by atoms with Crippen LogP contribution >= 0.6 is 23.2 Å². The zero-order valence-electron chi connectivity index (χ0n) is 11.4. The van der Waals surface area contributed by atoms with Gasteiger partial charge in [-0.25, -0.2) is 0 Å². The minimum absolute atomic E-state index is 0.182. The van der Waals surface area contributed by atoms with Crippen LogP contribution in [0.2, 0.25) is 10.0 Å². The summed E-state index contributed by atoms with van der Waals surface area (Å²) in [6.07, 6.45) is 0. The SMILES string of the molecule is Oc1ccc(N2CCNC[C@H]2c2ccc(Cl)cc2)c(Cl)c1. The molecule has 110 valence electrons. The molecule has 5 heteroatoms. The fourth-order valence-corrected chi connectivity index (χ4v) is 3.11. The second-order valence-corrected chi connectivity index (χ2v) is 5.94. The summed E-state index contributed by atoms with van der Waals surface area (Å²) in [5.41, 5.74) is 2.13. The summed E-state index contributed by atoms with van der Waals surface area (Å²) in [4.78, 5) is 2.27. The van der Waals surface area contributed by atoms with Gasteiger partial charge in [-0.15, -0.1) is 0 Å². The Hall–Kier alpha value is -1.42. The average molecular weight is 323 g/mol. The number of nitrogens with zero attached hydrogens (tertiary/aromatic N) is 1. The lowest BCUT2D eigenvalue weighted by Gasteiger charge is -2.38. The normalized spacial score (nSPS) is 18.8. The molecule has 0 amide bonds. The monoisotopic (exact) mass is 322 g/mol. The summed E-state index contributed by atoms with van der Waals surface area (Å²) < 4.78 is 0. The van der Waals surface area contributed by atoms with Crippen molar-refractivity contribution in [2.75, 3.05) is 24.5 Å². The van der Waals surface area contributed by atoms with Gasteiger partial charge in [-0.2, -0.15) is 0 Å². The van der Waals surface area contributed by atoms with Gasteiger partial charge in [-0.1, -0.05) is 35.3 Å². The molecule has 0 unspecified atom stereocenters. The van der Waals surface area contributed by atoms with Crippen molar-refractivity contribution >= 4 is 28.9 Å². The maximum absolute atomic E-state index is 9.52. The van der Waals surface area contributed by atoms with Crippen molar-refractivity contribution in [1.82, 2.24) is 5.32 Å². The number of phenols is 1. The second-order valence-electron chi connectivity index (χ2n) is 5.10. The number of nitrogens with one attached hydrogen (secondary N) is 1. The van der Waals surface area contributed by atoms with Crippen molar-refractivity contribution < 1.29 is 5.11 Å². The first kappa shape index (κ1) is 14.5. The molecule has 1 aliphatic heterocycles. The lowest BCUT2D eigenvalue weighted by atomic mass is 10.0. The van der Waals surface area contributed by atoms with Crippen molar-refractivity contribution in [3.63, 3.8) is 0 Å². The van der Waals surface area contributed by atoms with Crippen LogP contribution in [0.5, 0.6) is 5.75 Å². The first-order chi connectivity index (χ1) is 10.1. The molecule has 0 aromatic heterocycles. The van der Waals surface area contributed by atoms with E-state index in [1.165, 1.54) is 5.56 Å². The van der Waals surface area contributed by atoms with E-state index in [0.717, 1.165) is 30.3 Å². The first-order valence-corrected chi connectivity index (χ1v) is 7.62. The molecule has 1 aliphatic rings. The quantitative estimate of drug-likeness (QED) is 0.881. The largest absolute Gasteiger partial charge is 0.508 e. The molecule has 2 aromatic carbocycles. The van der Waals surface area contributed by atoms with Crippen LogP contribution in [0.4, 0.5) is 5.69 Å². The van der Waals surface area contributed by atoms with Gasteiger partial charge >= 0.3 is 0 Å². The third-order valence-corrected chi connectivity index (χ3v) is 4.29. The third-order valence-electron chi connectivity index (χ3n) is 3.74. The van der Waals surface area contributed by atoms with Crippen LogP contribution in [0.1, 0.15) is 11.6 Å². The Morgan fingerprint density at radius 2 is 1.86 bits per heavy atom. The van der Waals surface area contributed by atoms with E-state index in [4.69, 9.17) is 23.2 Å². The van der Waals surface area contributed by atoms with Gasteiger partial charge in [0.05, 0.1) is 16.8 Å². The van der Waals surface area contributed by atoms with E-state index < -0.39 is 0 Å². The van der Waals surface area contributed by atoms with Crippen LogP contribution < -0.4 is 10.2 Å². The van der Waals surface area contributed by atoms with E-state index in [1.807, 2.05) is 30.3 Å². The summed E-state index contributed by atoms with van der Waals surface area (Å²) in [6.45, 7) is 2.61. The molecule has 21 heavy (non-hydrogen) atoms. The van der Waals surface area contributed by atoms with Gasteiger partial charge in [0.1, 0.15) is 5.75 Å². The average Bonchev–Trinajstić information content (AvgIpc) is 2.48. The van der Waals surface area contributed by atoms with Gasteiger partial charge in [-0.3, -0.25) is 0 Å². The Kier molecular flexibility index (Phi) is 4.24. The highest BCUT2D eigenvalue weighted by Crippen LogP contribution is 2.35. The third kappa shape index (κ3) is 3.10. The molecular formula is C16H16Cl2N2O. The topological polar surface area (TPSA) is 35.5 Å². The zero-order chi connectivity index (χ0) is 14.8. The molecule has 1 heterocycles. The fraction of sp³-hybridized carbons (Fsp3) is 0.250. The predicted octanol–water partition coefficient (Wildman–Crippen LogP) is 3.85. The summed E-state index contributed by atoms with van der Waals surface area (Å²) in [6, 6.07) is 13.2. The van der Waals surface area contributed by atoms with E-state index in [9.17, 15) is 5.11 Å². The summed E-state index contributed by atoms with van der Waals surface area (Å²) in [7, 11) is 0. The molecule has 0 radical (unpaired) electrons. The fourth-order valence-electron chi connectivity index (χ4n) is 2.70. The van der Waals surface area contributed by atoms with Crippen LogP contribution in [0.25, 0.3) is 0 Å². The number of benzene rings is 2. The Morgan fingerprint density at radius 1 is 1.10 bits per heavy atom. The van der Waals surface area contributed by atoms with Gasteiger partial charge in [0.25, 0.3) is 0 Å². The minimum Gasteiger partial charge on any atom is -0.508 e. The molecule has 3 rings (SSSR count). The van der Waals surface area contributed by atoms with Crippen molar-refractivity contribution in [2.24, 2.45) is 0 Å². The van der Waals surface area contributed by atoms with Gasteiger partial charge < -0.3 is 15.3 Å². The Balaban J connectivity index is 1.96. The lowest BCUT2D eigenvalue weighted by molar-refractivity contribution is 0.473. The minimum atomic E-state index is 0.182. The van der Waals surface area contributed by atoms with Crippen molar-refractivity contribution in [2.45, 2.75) is 6.04 Å². The number of piperazine rings is 1. The number of phenolic OH excluding ortho intramolecular Hbond substituents is 1. The van der Waals surface area contributed by atoms with E-state index in [0.29, 0.717) is 5.02 Å². The standard InChI is InChI=1S/C16H16Cl2N2O/c17-12-3-1-11(2-4-12)16-10-19-7-8-20(16)15-6-5-13(21)9-14(15)18/h1-6,9,16,19,21H,7-8,10H2/t16-/m0/s1. The molecule has 0 aliphatic carbocycles. The number of aromatic hydroxyl groups is 1. The number of anilines is 1. The van der Waals surface area contributed by atoms with Crippen LogP contribution in [-0.2, 0) is 0 Å². The molecule has 0 saturated carbocycles.